The van der Waals surface area contributed by atoms with Crippen LogP contribution in [0.4, 0.5) is 0 Å². The summed E-state index contributed by atoms with van der Waals surface area (Å²) in [6, 6.07) is -0.296. The van der Waals surface area contributed by atoms with Crippen LogP contribution in [0.15, 0.2) is 6.20 Å². The summed E-state index contributed by atoms with van der Waals surface area (Å²) in [5, 5.41) is 16.0. The molecule has 112 valence electrons. The van der Waals surface area contributed by atoms with E-state index in [0.29, 0.717) is 0 Å². The van der Waals surface area contributed by atoms with Gasteiger partial charge < -0.3 is 5.11 Å². The van der Waals surface area contributed by atoms with E-state index >= 15 is 0 Å². The zero-order valence-corrected chi connectivity index (χ0v) is 12.3. The SMILES string of the molecule is CC(C)N(C)S(=O)(=O)N1CC(n2cc(C(=O)O)nn2)C1. The Kier molecular flexibility index (Phi) is 3.80. The maximum absolute atomic E-state index is 12.2. The van der Waals surface area contributed by atoms with Gasteiger partial charge in [0.05, 0.1) is 12.2 Å². The molecule has 1 aromatic rings. The molecule has 20 heavy (non-hydrogen) atoms. The number of aromatic carboxylic acids is 1. The van der Waals surface area contributed by atoms with Gasteiger partial charge in [-0.3, -0.25) is 0 Å². The van der Waals surface area contributed by atoms with E-state index in [0.717, 1.165) is 0 Å². The van der Waals surface area contributed by atoms with Crippen LogP contribution in [0.1, 0.15) is 30.4 Å². The molecule has 0 aromatic carbocycles. The van der Waals surface area contributed by atoms with Gasteiger partial charge in [-0.25, -0.2) is 9.48 Å². The molecule has 0 radical (unpaired) electrons. The molecule has 0 unspecified atom stereocenters. The maximum atomic E-state index is 12.2. The minimum atomic E-state index is -3.46. The quantitative estimate of drug-likeness (QED) is 0.779. The van der Waals surface area contributed by atoms with Crippen molar-refractivity contribution in [3.63, 3.8) is 0 Å². The van der Waals surface area contributed by atoms with E-state index in [2.05, 4.69) is 10.3 Å². The molecule has 0 atom stereocenters. The Morgan fingerprint density at radius 2 is 2.10 bits per heavy atom. The van der Waals surface area contributed by atoms with Gasteiger partial charge in [-0.15, -0.1) is 5.10 Å². The van der Waals surface area contributed by atoms with Gasteiger partial charge in [-0.1, -0.05) is 5.21 Å². The number of carboxylic acid groups (broad SMARTS) is 1. The van der Waals surface area contributed by atoms with E-state index in [4.69, 9.17) is 5.11 Å². The predicted octanol–water partition coefficient (Wildman–Crippen LogP) is -0.582. The molecule has 1 N–H and O–H groups in total. The highest BCUT2D eigenvalue weighted by Gasteiger charge is 2.40. The van der Waals surface area contributed by atoms with Gasteiger partial charge in [-0.05, 0) is 13.8 Å². The summed E-state index contributed by atoms with van der Waals surface area (Å²) >= 11 is 0. The van der Waals surface area contributed by atoms with Gasteiger partial charge in [-0.2, -0.15) is 17.0 Å². The summed E-state index contributed by atoms with van der Waals surface area (Å²) in [5.41, 5.74) is -0.148. The van der Waals surface area contributed by atoms with Crippen LogP contribution in [0.3, 0.4) is 0 Å². The highest BCUT2D eigenvalue weighted by atomic mass is 32.2. The van der Waals surface area contributed by atoms with Crippen LogP contribution < -0.4 is 0 Å². The summed E-state index contributed by atoms with van der Waals surface area (Å²) < 4.78 is 28.3. The van der Waals surface area contributed by atoms with Crippen LogP contribution in [0.5, 0.6) is 0 Å². The van der Waals surface area contributed by atoms with Gasteiger partial charge in [0.2, 0.25) is 0 Å². The third kappa shape index (κ3) is 2.53. The highest BCUT2D eigenvalue weighted by molar-refractivity contribution is 7.86. The molecule has 0 saturated carbocycles. The predicted molar refractivity (Wildman–Crippen MR) is 69.4 cm³/mol. The number of hydrogen-bond donors (Lipinski definition) is 1. The Labute approximate surface area is 117 Å². The van der Waals surface area contributed by atoms with E-state index < -0.39 is 16.2 Å². The maximum Gasteiger partial charge on any atom is 0.358 e. The van der Waals surface area contributed by atoms with Crippen molar-refractivity contribution in [2.75, 3.05) is 20.1 Å². The van der Waals surface area contributed by atoms with E-state index in [9.17, 15) is 13.2 Å². The molecule has 2 heterocycles. The Morgan fingerprint density at radius 1 is 1.50 bits per heavy atom. The molecular weight excluding hydrogens is 286 g/mol. The largest absolute Gasteiger partial charge is 0.476 e. The van der Waals surface area contributed by atoms with Crippen molar-refractivity contribution < 1.29 is 18.3 Å². The number of rotatable bonds is 5. The standard InChI is InChI=1S/C10H17N5O4S/c1-7(2)13(3)20(18,19)14-4-8(5-14)15-6-9(10(16)17)11-12-15/h6-8H,4-5H2,1-3H3,(H,16,17). The second kappa shape index (κ2) is 5.11. The minimum Gasteiger partial charge on any atom is -0.476 e. The first-order valence-electron chi connectivity index (χ1n) is 6.11. The van der Waals surface area contributed by atoms with Crippen molar-refractivity contribution in [2.45, 2.75) is 25.9 Å². The molecule has 1 aromatic heterocycles. The van der Waals surface area contributed by atoms with Crippen molar-refractivity contribution >= 4 is 16.2 Å². The van der Waals surface area contributed by atoms with E-state index in [1.807, 2.05) is 0 Å². The fraction of sp³-hybridized carbons (Fsp3) is 0.700. The lowest BCUT2D eigenvalue weighted by molar-refractivity contribution is 0.0690. The van der Waals surface area contributed by atoms with Crippen LogP contribution in [-0.4, -0.2) is 69.3 Å². The lowest BCUT2D eigenvalue weighted by Crippen LogP contribution is -2.55. The minimum absolute atomic E-state index is 0.121. The molecule has 1 fully saturated rings. The first-order valence-corrected chi connectivity index (χ1v) is 7.51. The molecule has 0 spiro atoms. The average molecular weight is 303 g/mol. The lowest BCUT2D eigenvalue weighted by Gasteiger charge is -2.40. The summed E-state index contributed by atoms with van der Waals surface area (Å²) in [5.74, 6) is -1.15. The fourth-order valence-electron chi connectivity index (χ4n) is 1.77. The molecule has 0 aliphatic carbocycles. The van der Waals surface area contributed by atoms with Crippen LogP contribution in [-0.2, 0) is 10.2 Å². The zero-order valence-electron chi connectivity index (χ0n) is 11.5. The van der Waals surface area contributed by atoms with E-state index in [-0.39, 0.29) is 30.9 Å². The lowest BCUT2D eigenvalue weighted by atomic mass is 10.2. The normalized spacial score (nSPS) is 17.6. The first-order chi connectivity index (χ1) is 9.23. The fourth-order valence-corrected chi connectivity index (χ4v) is 3.39. The number of hydrogen-bond acceptors (Lipinski definition) is 5. The molecule has 9 nitrogen and oxygen atoms in total. The molecule has 1 saturated heterocycles. The Bertz CT molecular complexity index is 605. The number of carboxylic acids is 1. The van der Waals surface area contributed by atoms with Crippen LogP contribution in [0, 0.1) is 0 Å². The van der Waals surface area contributed by atoms with Crippen LogP contribution >= 0.6 is 0 Å². The van der Waals surface area contributed by atoms with Crippen LogP contribution in [0.25, 0.3) is 0 Å². The smallest absolute Gasteiger partial charge is 0.358 e. The zero-order chi connectivity index (χ0) is 15.1. The van der Waals surface area contributed by atoms with E-state index in [1.165, 1.54) is 26.5 Å². The number of aromatic nitrogens is 3. The molecular formula is C10H17N5O4S. The third-order valence-corrected chi connectivity index (χ3v) is 5.45. The summed E-state index contributed by atoms with van der Waals surface area (Å²) in [4.78, 5) is 10.7. The van der Waals surface area contributed by atoms with Crippen LogP contribution in [0.2, 0.25) is 0 Å². The second-order valence-electron chi connectivity index (χ2n) is 4.98. The van der Waals surface area contributed by atoms with Crippen molar-refractivity contribution in [1.29, 1.82) is 0 Å². The van der Waals surface area contributed by atoms with Crippen molar-refractivity contribution in [2.24, 2.45) is 0 Å². The van der Waals surface area contributed by atoms with Gasteiger partial charge in [0, 0.05) is 26.2 Å². The summed E-state index contributed by atoms with van der Waals surface area (Å²) in [6.07, 6.45) is 1.31. The van der Waals surface area contributed by atoms with Crippen molar-refractivity contribution in [3.8, 4) is 0 Å². The molecule has 1 aliphatic heterocycles. The van der Waals surface area contributed by atoms with E-state index in [1.54, 1.807) is 13.8 Å². The van der Waals surface area contributed by atoms with Gasteiger partial charge >= 0.3 is 5.97 Å². The third-order valence-electron chi connectivity index (χ3n) is 3.35. The Balaban J connectivity index is 2.02. The topological polar surface area (TPSA) is 109 Å². The van der Waals surface area contributed by atoms with Gasteiger partial charge in [0.25, 0.3) is 10.2 Å². The summed E-state index contributed by atoms with van der Waals surface area (Å²) in [6.45, 7) is 4.13. The monoisotopic (exact) mass is 303 g/mol. The summed E-state index contributed by atoms with van der Waals surface area (Å²) in [7, 11) is -1.93. The van der Waals surface area contributed by atoms with Crippen molar-refractivity contribution in [3.05, 3.63) is 11.9 Å². The number of carbonyl (C=O) groups is 1. The molecule has 2 rings (SSSR count). The Hall–Kier alpha value is -1.52. The van der Waals surface area contributed by atoms with Gasteiger partial charge in [0.1, 0.15) is 0 Å². The molecule has 1 aliphatic rings. The first kappa shape index (κ1) is 14.9. The Morgan fingerprint density at radius 3 is 2.55 bits per heavy atom. The number of nitrogens with zero attached hydrogens (tertiary/aromatic N) is 5. The highest BCUT2D eigenvalue weighted by Crippen LogP contribution is 2.25. The molecule has 0 amide bonds. The second-order valence-corrected chi connectivity index (χ2v) is 6.97. The molecule has 0 bridgehead atoms. The average Bonchev–Trinajstić information content (AvgIpc) is 2.74. The van der Waals surface area contributed by atoms with Gasteiger partial charge in [0.15, 0.2) is 5.69 Å². The molecule has 10 heteroatoms. The van der Waals surface area contributed by atoms with Crippen molar-refractivity contribution in [1.82, 2.24) is 23.6 Å².